The molecule has 0 atom stereocenters. The van der Waals surface area contributed by atoms with Crippen molar-refractivity contribution in [1.29, 1.82) is 0 Å². The molecule has 0 aliphatic heterocycles. The largest absolute Gasteiger partial charge is 0.486 e. The second-order valence-corrected chi connectivity index (χ2v) is 3.43. The summed E-state index contributed by atoms with van der Waals surface area (Å²) in [4.78, 5) is 0. The van der Waals surface area contributed by atoms with Gasteiger partial charge in [0.2, 0.25) is 0 Å². The highest BCUT2D eigenvalue weighted by Crippen LogP contribution is 2.14. The minimum absolute atomic E-state index is 0.117. The Hall–Kier alpha value is -1.77. The summed E-state index contributed by atoms with van der Waals surface area (Å²) >= 11 is 0. The van der Waals surface area contributed by atoms with E-state index >= 15 is 0 Å². The van der Waals surface area contributed by atoms with Crippen LogP contribution >= 0.6 is 0 Å². The first-order valence-electron chi connectivity index (χ1n) is 4.98. The van der Waals surface area contributed by atoms with E-state index in [4.69, 9.17) is 12.6 Å². The molecule has 0 amide bonds. The average molecular weight is 212 g/mol. The Kier molecular flexibility index (Phi) is 3.25. The van der Waals surface area contributed by atoms with Crippen LogP contribution in [0, 0.1) is 5.82 Å². The van der Waals surface area contributed by atoms with Gasteiger partial charge in [-0.1, -0.05) is 47.9 Å². The molecule has 2 radical (unpaired) electrons. The highest BCUT2D eigenvalue weighted by atomic mass is 19.1. The van der Waals surface area contributed by atoms with Crippen molar-refractivity contribution in [1.82, 2.24) is 0 Å². The lowest BCUT2D eigenvalue weighted by Gasteiger charge is -2.10. The van der Waals surface area contributed by atoms with Crippen LogP contribution in [0.2, 0.25) is 0 Å². The van der Waals surface area contributed by atoms with E-state index in [0.29, 0.717) is 12.1 Å². The number of hydrogen-bond donors (Lipinski definition) is 0. The van der Waals surface area contributed by atoms with E-state index in [-0.39, 0.29) is 5.75 Å². The normalized spacial score (nSPS) is 10.1. The summed E-state index contributed by atoms with van der Waals surface area (Å²) in [6, 6.07) is 14.1. The molecule has 0 unspecified atom stereocenters. The number of hydrogen-bond acceptors (Lipinski definition) is 1. The molecule has 2 aromatic carbocycles. The van der Waals surface area contributed by atoms with E-state index in [2.05, 4.69) is 0 Å². The molecule has 0 fully saturated rings. The second kappa shape index (κ2) is 4.84. The van der Waals surface area contributed by atoms with Gasteiger partial charge in [-0.2, -0.15) is 0 Å². The van der Waals surface area contributed by atoms with E-state index in [1.165, 1.54) is 6.07 Å². The third kappa shape index (κ3) is 2.43. The summed E-state index contributed by atoms with van der Waals surface area (Å²) in [7, 11) is 5.62. The van der Waals surface area contributed by atoms with Gasteiger partial charge in [0, 0.05) is 0 Å². The van der Waals surface area contributed by atoms with Crippen LogP contribution in [-0.4, -0.2) is 7.85 Å². The van der Waals surface area contributed by atoms with Crippen molar-refractivity contribution in [3.8, 4) is 5.75 Å². The van der Waals surface area contributed by atoms with Crippen molar-refractivity contribution in [2.24, 2.45) is 0 Å². The zero-order chi connectivity index (χ0) is 11.4. The average Bonchev–Trinajstić information content (AvgIpc) is 2.30. The summed E-state index contributed by atoms with van der Waals surface area (Å²) in [6.45, 7) is 0.311. The third-order valence-electron chi connectivity index (χ3n) is 2.22. The minimum atomic E-state index is -0.434. The van der Waals surface area contributed by atoms with Crippen LogP contribution in [0.1, 0.15) is 5.56 Å². The molecule has 0 saturated carbocycles. The first-order valence-corrected chi connectivity index (χ1v) is 4.98. The summed E-state index contributed by atoms with van der Waals surface area (Å²) in [5.74, 6) is -0.317. The molecule has 78 valence electrons. The summed E-state index contributed by atoms with van der Waals surface area (Å²) in [5, 5.41) is 0. The smallest absolute Gasteiger partial charge is 0.164 e. The zero-order valence-electron chi connectivity index (χ0n) is 8.69. The first-order chi connectivity index (χ1) is 7.77. The predicted molar refractivity (Wildman–Crippen MR) is 62.6 cm³/mol. The van der Waals surface area contributed by atoms with Gasteiger partial charge in [0.15, 0.2) is 5.82 Å². The topological polar surface area (TPSA) is 9.23 Å². The maximum atomic E-state index is 13.3. The SMILES string of the molecule is [B]c1cccc(F)c1OCc1ccccc1. The van der Waals surface area contributed by atoms with Gasteiger partial charge in [0.05, 0.1) is 0 Å². The van der Waals surface area contributed by atoms with Crippen LogP contribution in [0.15, 0.2) is 48.5 Å². The molecule has 0 saturated heterocycles. The molecule has 0 aliphatic carbocycles. The predicted octanol–water partition coefficient (Wildman–Crippen LogP) is 2.20. The van der Waals surface area contributed by atoms with Gasteiger partial charge in [-0.15, -0.1) is 0 Å². The fraction of sp³-hybridized carbons (Fsp3) is 0.0769. The van der Waals surface area contributed by atoms with Crippen LogP contribution < -0.4 is 10.2 Å². The van der Waals surface area contributed by atoms with Crippen molar-refractivity contribution < 1.29 is 9.13 Å². The maximum absolute atomic E-state index is 13.3. The Labute approximate surface area is 95.3 Å². The second-order valence-electron chi connectivity index (χ2n) is 3.43. The number of rotatable bonds is 3. The van der Waals surface area contributed by atoms with Gasteiger partial charge < -0.3 is 4.74 Å². The van der Waals surface area contributed by atoms with Gasteiger partial charge >= 0.3 is 0 Å². The highest BCUT2D eigenvalue weighted by Gasteiger charge is 2.05. The molecular formula is C13H10BFO. The molecule has 16 heavy (non-hydrogen) atoms. The molecule has 0 aromatic heterocycles. The van der Waals surface area contributed by atoms with Crippen LogP contribution in [0.25, 0.3) is 0 Å². The lowest BCUT2D eigenvalue weighted by Crippen LogP contribution is -2.10. The molecule has 0 spiro atoms. The fourth-order valence-corrected chi connectivity index (χ4v) is 1.41. The Morgan fingerprint density at radius 2 is 1.75 bits per heavy atom. The van der Waals surface area contributed by atoms with Crippen LogP contribution in [-0.2, 0) is 6.61 Å². The van der Waals surface area contributed by atoms with Crippen molar-refractivity contribution in [3.63, 3.8) is 0 Å². The lowest BCUT2D eigenvalue weighted by atomic mass is 9.95. The molecule has 1 nitrogen and oxygen atoms in total. The number of benzene rings is 2. The molecule has 0 N–H and O–H groups in total. The van der Waals surface area contributed by atoms with Gasteiger partial charge in [0.25, 0.3) is 0 Å². The van der Waals surface area contributed by atoms with Gasteiger partial charge in [-0.25, -0.2) is 4.39 Å². The Bertz CT molecular complexity index is 450. The Balaban J connectivity index is 2.11. The van der Waals surface area contributed by atoms with E-state index < -0.39 is 5.82 Å². The van der Waals surface area contributed by atoms with Crippen molar-refractivity contribution in [2.45, 2.75) is 6.61 Å². The van der Waals surface area contributed by atoms with Crippen LogP contribution in [0.5, 0.6) is 5.75 Å². The molecule has 3 heteroatoms. The first kappa shape index (κ1) is 10.7. The van der Waals surface area contributed by atoms with Gasteiger partial charge in [0.1, 0.15) is 20.2 Å². The van der Waals surface area contributed by atoms with Crippen molar-refractivity contribution in [2.75, 3.05) is 0 Å². The molecule has 0 aliphatic rings. The van der Waals surface area contributed by atoms with Crippen molar-refractivity contribution in [3.05, 3.63) is 59.9 Å². The minimum Gasteiger partial charge on any atom is -0.486 e. The molecule has 0 bridgehead atoms. The van der Waals surface area contributed by atoms with E-state index in [0.717, 1.165) is 5.56 Å². The van der Waals surface area contributed by atoms with E-state index in [1.807, 2.05) is 30.3 Å². The van der Waals surface area contributed by atoms with E-state index in [9.17, 15) is 4.39 Å². The summed E-state index contributed by atoms with van der Waals surface area (Å²) in [6.07, 6.45) is 0. The molecular weight excluding hydrogens is 202 g/mol. The number of ether oxygens (including phenoxy) is 1. The standard InChI is InChI=1S/C13H10BFO/c14-11-7-4-8-12(15)13(11)16-9-10-5-2-1-3-6-10/h1-8H,9H2. The highest BCUT2D eigenvalue weighted by molar-refractivity contribution is 6.34. The van der Waals surface area contributed by atoms with Crippen molar-refractivity contribution >= 4 is 13.3 Å². The third-order valence-corrected chi connectivity index (χ3v) is 2.22. The quantitative estimate of drug-likeness (QED) is 0.708. The number of para-hydroxylation sites is 1. The molecule has 2 aromatic rings. The molecule has 0 heterocycles. The summed E-state index contributed by atoms with van der Waals surface area (Å²) < 4.78 is 18.7. The lowest BCUT2D eigenvalue weighted by molar-refractivity contribution is 0.293. The summed E-state index contributed by atoms with van der Waals surface area (Å²) in [5.41, 5.74) is 1.29. The monoisotopic (exact) mass is 212 g/mol. The Morgan fingerprint density at radius 1 is 1.00 bits per heavy atom. The van der Waals surface area contributed by atoms with E-state index in [1.54, 1.807) is 12.1 Å². The van der Waals surface area contributed by atoms with Gasteiger partial charge in [-0.05, 0) is 11.6 Å². The van der Waals surface area contributed by atoms with Crippen LogP contribution in [0.4, 0.5) is 4.39 Å². The zero-order valence-corrected chi connectivity index (χ0v) is 8.69. The Morgan fingerprint density at radius 3 is 2.44 bits per heavy atom. The molecule has 2 rings (SSSR count). The van der Waals surface area contributed by atoms with Crippen LogP contribution in [0.3, 0.4) is 0 Å². The fourth-order valence-electron chi connectivity index (χ4n) is 1.41. The number of halogens is 1. The van der Waals surface area contributed by atoms with Gasteiger partial charge in [-0.3, -0.25) is 0 Å². The maximum Gasteiger partial charge on any atom is 0.164 e.